The van der Waals surface area contributed by atoms with E-state index >= 15 is 0 Å². The van der Waals surface area contributed by atoms with E-state index in [0.29, 0.717) is 10.9 Å². The van der Waals surface area contributed by atoms with Crippen LogP contribution in [-0.4, -0.2) is 110 Å². The summed E-state index contributed by atoms with van der Waals surface area (Å²) in [5, 5.41) is 70.8. The van der Waals surface area contributed by atoms with Gasteiger partial charge in [-0.1, -0.05) is 12.1 Å². The number of ether oxygens (including phenoxy) is 4. The maximum atomic E-state index is 12.0. The molecule has 13 heteroatoms. The molecule has 1 aromatic carbocycles. The Morgan fingerprint density at radius 1 is 0.857 bits per heavy atom. The summed E-state index contributed by atoms with van der Waals surface area (Å²) in [6.07, 6.45) is -15.6. The van der Waals surface area contributed by atoms with Gasteiger partial charge in [0.25, 0.3) is 0 Å². The third-order valence-corrected chi connectivity index (χ3v) is 6.13. The van der Waals surface area contributed by atoms with E-state index < -0.39 is 80.3 Å². The Kier molecular flexibility index (Phi) is 7.73. The highest BCUT2D eigenvalue weighted by Gasteiger charge is 2.48. The average molecular weight is 500 g/mol. The van der Waals surface area contributed by atoms with Crippen molar-refractivity contribution in [2.75, 3.05) is 13.2 Å². The Morgan fingerprint density at radius 2 is 1.49 bits per heavy atom. The lowest BCUT2D eigenvalue weighted by Crippen LogP contribution is -2.62. The van der Waals surface area contributed by atoms with E-state index in [2.05, 4.69) is 0 Å². The summed E-state index contributed by atoms with van der Waals surface area (Å²) in [4.78, 5) is 12.0. The van der Waals surface area contributed by atoms with Crippen LogP contribution in [0.5, 0.6) is 5.75 Å². The lowest BCUT2D eigenvalue weighted by atomic mass is 9.98. The molecule has 194 valence electrons. The van der Waals surface area contributed by atoms with Crippen molar-refractivity contribution < 1.29 is 59.1 Å². The minimum Gasteiger partial charge on any atom is -0.461 e. The molecule has 1 aromatic heterocycles. The molecule has 0 aliphatic carbocycles. The Hall–Kier alpha value is -2.17. The maximum absolute atomic E-state index is 12.0. The molecule has 0 unspecified atom stereocenters. The predicted molar refractivity (Wildman–Crippen MR) is 114 cm³/mol. The van der Waals surface area contributed by atoms with E-state index in [1.165, 1.54) is 0 Å². The van der Waals surface area contributed by atoms with Crippen molar-refractivity contribution in [2.24, 2.45) is 0 Å². The van der Waals surface area contributed by atoms with Crippen LogP contribution in [0.4, 0.5) is 0 Å². The lowest BCUT2D eigenvalue weighted by Gasteiger charge is -2.42. The van der Waals surface area contributed by atoms with E-state index in [4.69, 9.17) is 23.4 Å². The van der Waals surface area contributed by atoms with Crippen molar-refractivity contribution in [3.63, 3.8) is 0 Å². The standard InChI is InChI=1S/C22H28O13/c1-8-3-2-4-9-14(8)10(5-13(24)32-9)33-22-20(30)18(28)16(26)12(35-22)7-31-21-19(29)17(27)15(25)11(6-23)34-21/h2-5,11-12,15-23,25-30H,6-7H2,1H3/t11-,12-,15-,16-,17+,18+,19-,20-,21-,22-/m1/s1. The van der Waals surface area contributed by atoms with Crippen molar-refractivity contribution in [1.82, 2.24) is 0 Å². The van der Waals surface area contributed by atoms with E-state index in [-0.39, 0.29) is 11.3 Å². The summed E-state index contributed by atoms with van der Waals surface area (Å²) in [5.74, 6) is 0.0237. The van der Waals surface area contributed by atoms with Gasteiger partial charge in [-0.15, -0.1) is 0 Å². The minimum atomic E-state index is -1.73. The van der Waals surface area contributed by atoms with E-state index in [0.717, 1.165) is 6.07 Å². The predicted octanol–water partition coefficient (Wildman–Crippen LogP) is -2.90. The van der Waals surface area contributed by atoms with Crippen molar-refractivity contribution >= 4 is 11.0 Å². The molecule has 13 nitrogen and oxygen atoms in total. The first-order valence-electron chi connectivity index (χ1n) is 10.9. The summed E-state index contributed by atoms with van der Waals surface area (Å²) >= 11 is 0. The van der Waals surface area contributed by atoms with Gasteiger partial charge in [-0.2, -0.15) is 0 Å². The highest BCUT2D eigenvalue weighted by Crippen LogP contribution is 2.31. The molecular formula is C22H28O13. The fourth-order valence-electron chi connectivity index (χ4n) is 4.12. The second-order valence-corrected chi connectivity index (χ2v) is 8.54. The van der Waals surface area contributed by atoms with Crippen LogP contribution in [0, 0.1) is 6.92 Å². The Bertz CT molecular complexity index is 1070. The molecule has 2 aliphatic rings. The number of benzene rings is 1. The zero-order valence-electron chi connectivity index (χ0n) is 18.6. The molecule has 0 saturated carbocycles. The van der Waals surface area contributed by atoms with Crippen molar-refractivity contribution in [3.05, 3.63) is 40.2 Å². The van der Waals surface area contributed by atoms with Crippen LogP contribution in [0.15, 0.2) is 33.5 Å². The van der Waals surface area contributed by atoms with Gasteiger partial charge >= 0.3 is 5.63 Å². The zero-order chi connectivity index (χ0) is 25.4. The van der Waals surface area contributed by atoms with E-state index in [9.17, 15) is 40.5 Å². The Balaban J connectivity index is 1.51. The van der Waals surface area contributed by atoms with Gasteiger partial charge in [0.15, 0.2) is 6.29 Å². The molecule has 0 amide bonds. The smallest absolute Gasteiger partial charge is 0.339 e. The van der Waals surface area contributed by atoms with Crippen molar-refractivity contribution in [2.45, 2.75) is 68.3 Å². The van der Waals surface area contributed by atoms with Crippen LogP contribution in [0.1, 0.15) is 5.56 Å². The highest BCUT2D eigenvalue weighted by atomic mass is 16.7. The lowest BCUT2D eigenvalue weighted by molar-refractivity contribution is -0.323. The molecule has 3 heterocycles. The first-order valence-corrected chi connectivity index (χ1v) is 10.9. The minimum absolute atomic E-state index is 0.0237. The molecule has 2 saturated heterocycles. The monoisotopic (exact) mass is 500 g/mol. The van der Waals surface area contributed by atoms with Gasteiger partial charge in [0.05, 0.1) is 24.7 Å². The Labute approximate surface area is 198 Å². The first kappa shape index (κ1) is 25.9. The summed E-state index contributed by atoms with van der Waals surface area (Å²) in [7, 11) is 0. The van der Waals surface area contributed by atoms with Gasteiger partial charge in [-0.25, -0.2) is 4.79 Å². The van der Waals surface area contributed by atoms with Gasteiger partial charge in [0.1, 0.15) is 60.2 Å². The highest BCUT2D eigenvalue weighted by molar-refractivity contribution is 5.86. The second kappa shape index (κ2) is 10.4. The molecule has 2 aromatic rings. The number of rotatable bonds is 6. The summed E-state index contributed by atoms with van der Waals surface area (Å²) < 4.78 is 27.1. The van der Waals surface area contributed by atoms with Gasteiger partial charge in [0.2, 0.25) is 6.29 Å². The molecular weight excluding hydrogens is 472 g/mol. The molecule has 0 spiro atoms. The SMILES string of the molecule is Cc1cccc2oc(=O)cc(O[C@@H]3O[C@H](CO[C@@H]4O[C@H](CO)[C@@H](O)[C@H](O)[C@H]4O)[C@@H](O)[C@H](O)[C@H]3O)c12. The normalized spacial score (nSPS) is 37.9. The molecule has 35 heavy (non-hydrogen) atoms. The van der Waals surface area contributed by atoms with Crippen LogP contribution < -0.4 is 10.4 Å². The van der Waals surface area contributed by atoms with Gasteiger partial charge < -0.3 is 59.1 Å². The number of hydrogen-bond acceptors (Lipinski definition) is 13. The largest absolute Gasteiger partial charge is 0.461 e. The van der Waals surface area contributed by atoms with Crippen molar-refractivity contribution in [3.8, 4) is 5.75 Å². The molecule has 0 radical (unpaired) electrons. The Morgan fingerprint density at radius 3 is 2.17 bits per heavy atom. The molecule has 4 rings (SSSR count). The van der Waals surface area contributed by atoms with Gasteiger partial charge in [0, 0.05) is 0 Å². The molecule has 2 aliphatic heterocycles. The number of aryl methyl sites for hydroxylation is 1. The molecule has 2 fully saturated rings. The van der Waals surface area contributed by atoms with Crippen LogP contribution in [0.2, 0.25) is 0 Å². The number of hydrogen-bond donors (Lipinski definition) is 7. The third kappa shape index (κ3) is 5.06. The second-order valence-electron chi connectivity index (χ2n) is 8.54. The fraction of sp³-hybridized carbons (Fsp3) is 0.591. The fourth-order valence-corrected chi connectivity index (χ4v) is 4.12. The number of aliphatic hydroxyl groups is 7. The number of fused-ring (bicyclic) bond motifs is 1. The van der Waals surface area contributed by atoms with Crippen LogP contribution >= 0.6 is 0 Å². The first-order chi connectivity index (χ1) is 16.6. The van der Waals surface area contributed by atoms with Crippen LogP contribution in [0.25, 0.3) is 11.0 Å². The summed E-state index contributed by atoms with van der Waals surface area (Å²) in [6.45, 7) is 0.583. The quantitative estimate of drug-likeness (QED) is 0.199. The maximum Gasteiger partial charge on any atom is 0.339 e. The molecule has 10 atom stereocenters. The van der Waals surface area contributed by atoms with E-state index in [1.54, 1.807) is 25.1 Å². The summed E-state index contributed by atoms with van der Waals surface area (Å²) in [6, 6.07) is 6.05. The molecule has 0 bridgehead atoms. The topological polar surface area (TPSA) is 209 Å². The number of aliphatic hydroxyl groups excluding tert-OH is 7. The van der Waals surface area contributed by atoms with Gasteiger partial charge in [-0.05, 0) is 18.6 Å². The van der Waals surface area contributed by atoms with E-state index in [1.807, 2.05) is 0 Å². The van der Waals surface area contributed by atoms with Gasteiger partial charge in [-0.3, -0.25) is 0 Å². The third-order valence-electron chi connectivity index (χ3n) is 6.13. The van der Waals surface area contributed by atoms with Crippen molar-refractivity contribution in [1.29, 1.82) is 0 Å². The van der Waals surface area contributed by atoms with Crippen LogP contribution in [0.3, 0.4) is 0 Å². The van der Waals surface area contributed by atoms with Crippen LogP contribution in [-0.2, 0) is 14.2 Å². The zero-order valence-corrected chi connectivity index (χ0v) is 18.6. The molecule has 7 N–H and O–H groups in total. The average Bonchev–Trinajstić information content (AvgIpc) is 2.83. The summed E-state index contributed by atoms with van der Waals surface area (Å²) in [5.41, 5.74) is 0.224.